The van der Waals surface area contributed by atoms with Gasteiger partial charge in [0.25, 0.3) is 0 Å². The molecule has 2 aromatic rings. The molecule has 2 rings (SSSR count). The summed E-state index contributed by atoms with van der Waals surface area (Å²) in [5, 5.41) is 1.73. The quantitative estimate of drug-likeness (QED) is 0.816. The van der Waals surface area contributed by atoms with E-state index in [0.717, 1.165) is 17.0 Å². The molecular formula is C13H14ClFN2O2S2. The molecule has 1 unspecified atom stereocenters. The third-order valence-electron chi connectivity index (χ3n) is 2.78. The van der Waals surface area contributed by atoms with E-state index in [0.29, 0.717) is 6.42 Å². The van der Waals surface area contributed by atoms with Crippen molar-refractivity contribution >= 4 is 38.6 Å². The largest absolute Gasteiger partial charge is 0.396 e. The fourth-order valence-electron chi connectivity index (χ4n) is 1.85. The van der Waals surface area contributed by atoms with E-state index in [1.807, 2.05) is 17.5 Å². The average molecular weight is 349 g/mol. The van der Waals surface area contributed by atoms with Crippen LogP contribution >= 0.6 is 22.9 Å². The molecule has 0 saturated heterocycles. The highest BCUT2D eigenvalue weighted by Crippen LogP contribution is 2.26. The van der Waals surface area contributed by atoms with Crippen molar-refractivity contribution < 1.29 is 12.8 Å². The van der Waals surface area contributed by atoms with Gasteiger partial charge in [-0.3, -0.25) is 0 Å². The third-order valence-corrected chi connectivity index (χ3v) is 5.74. The van der Waals surface area contributed by atoms with Crippen LogP contribution in [0.25, 0.3) is 0 Å². The molecular weight excluding hydrogens is 335 g/mol. The van der Waals surface area contributed by atoms with Crippen molar-refractivity contribution in [1.82, 2.24) is 4.72 Å². The van der Waals surface area contributed by atoms with Crippen LogP contribution in [0.4, 0.5) is 10.1 Å². The van der Waals surface area contributed by atoms with Gasteiger partial charge in [0.05, 0.1) is 10.7 Å². The minimum Gasteiger partial charge on any atom is -0.396 e. The van der Waals surface area contributed by atoms with Gasteiger partial charge in [-0.2, -0.15) is 0 Å². The van der Waals surface area contributed by atoms with Crippen molar-refractivity contribution in [3.05, 3.63) is 45.4 Å². The highest BCUT2D eigenvalue weighted by molar-refractivity contribution is 7.89. The van der Waals surface area contributed by atoms with Gasteiger partial charge in [0, 0.05) is 10.9 Å². The molecule has 0 radical (unpaired) electrons. The molecule has 0 aliphatic heterocycles. The van der Waals surface area contributed by atoms with Crippen LogP contribution < -0.4 is 10.5 Å². The van der Waals surface area contributed by atoms with E-state index in [4.69, 9.17) is 17.3 Å². The van der Waals surface area contributed by atoms with Crippen LogP contribution in [0.1, 0.15) is 11.8 Å². The Labute approximate surface area is 131 Å². The van der Waals surface area contributed by atoms with Gasteiger partial charge < -0.3 is 5.73 Å². The van der Waals surface area contributed by atoms with Gasteiger partial charge in [-0.15, -0.1) is 11.3 Å². The van der Waals surface area contributed by atoms with E-state index in [-0.39, 0.29) is 21.6 Å². The first kappa shape index (κ1) is 16.2. The number of benzene rings is 1. The highest BCUT2D eigenvalue weighted by atomic mass is 35.5. The van der Waals surface area contributed by atoms with Crippen LogP contribution in [0.3, 0.4) is 0 Å². The molecule has 8 heteroatoms. The Morgan fingerprint density at radius 3 is 2.81 bits per heavy atom. The van der Waals surface area contributed by atoms with E-state index in [2.05, 4.69) is 4.72 Å². The van der Waals surface area contributed by atoms with Crippen LogP contribution in [-0.4, -0.2) is 14.5 Å². The summed E-state index contributed by atoms with van der Waals surface area (Å²) < 4.78 is 40.3. The summed E-state index contributed by atoms with van der Waals surface area (Å²) >= 11 is 7.35. The predicted octanol–water partition coefficient (Wildman–Crippen LogP) is 3.03. The van der Waals surface area contributed by atoms with Crippen molar-refractivity contribution in [2.24, 2.45) is 0 Å². The van der Waals surface area contributed by atoms with Crippen molar-refractivity contribution in [2.75, 3.05) is 5.73 Å². The van der Waals surface area contributed by atoms with Crippen molar-refractivity contribution in [3.8, 4) is 0 Å². The Kier molecular flexibility index (Phi) is 4.88. The Morgan fingerprint density at radius 1 is 1.48 bits per heavy atom. The average Bonchev–Trinajstić information content (AvgIpc) is 2.85. The van der Waals surface area contributed by atoms with E-state index in [1.54, 1.807) is 18.3 Å². The number of nitrogens with two attached hydrogens (primary N) is 1. The lowest BCUT2D eigenvalue weighted by atomic mass is 10.2. The molecule has 3 N–H and O–H groups in total. The second kappa shape index (κ2) is 6.31. The van der Waals surface area contributed by atoms with Crippen LogP contribution in [0.5, 0.6) is 0 Å². The van der Waals surface area contributed by atoms with Gasteiger partial charge >= 0.3 is 0 Å². The molecule has 1 heterocycles. The monoisotopic (exact) mass is 348 g/mol. The first-order chi connectivity index (χ1) is 9.79. The smallest absolute Gasteiger partial charge is 0.242 e. The van der Waals surface area contributed by atoms with Crippen LogP contribution in [0, 0.1) is 5.82 Å². The minimum absolute atomic E-state index is 0.197. The number of anilines is 1. The molecule has 4 nitrogen and oxygen atoms in total. The summed E-state index contributed by atoms with van der Waals surface area (Å²) in [6.07, 6.45) is 0.561. The van der Waals surface area contributed by atoms with Crippen molar-refractivity contribution in [1.29, 1.82) is 0 Å². The zero-order valence-electron chi connectivity index (χ0n) is 11.1. The highest BCUT2D eigenvalue weighted by Gasteiger charge is 2.22. The summed E-state index contributed by atoms with van der Waals surface area (Å²) in [6, 6.07) is 5.43. The maximum atomic E-state index is 13.2. The molecule has 0 amide bonds. The molecule has 0 aliphatic carbocycles. The fourth-order valence-corrected chi connectivity index (χ4v) is 4.48. The summed E-state index contributed by atoms with van der Waals surface area (Å²) in [5.74, 6) is -0.745. The Morgan fingerprint density at radius 2 is 2.19 bits per heavy atom. The topological polar surface area (TPSA) is 72.2 Å². The summed E-state index contributed by atoms with van der Waals surface area (Å²) in [7, 11) is -3.86. The fraction of sp³-hybridized carbons (Fsp3) is 0.231. The van der Waals surface area contributed by atoms with Gasteiger partial charge in [-0.25, -0.2) is 17.5 Å². The number of sulfonamides is 1. The second-order valence-electron chi connectivity index (χ2n) is 4.61. The van der Waals surface area contributed by atoms with Crippen LogP contribution in [0.2, 0.25) is 5.02 Å². The number of hydrogen-bond acceptors (Lipinski definition) is 4. The zero-order valence-corrected chi connectivity index (χ0v) is 13.5. The summed E-state index contributed by atoms with van der Waals surface area (Å²) in [6.45, 7) is 1.75. The first-order valence-electron chi connectivity index (χ1n) is 6.09. The standard InChI is InChI=1S/C13H14ClFN2O2S2/c1-8(5-9-3-2-4-20-9)17-21(18,19)13-7-12(16)11(15)6-10(13)14/h2-4,6-8,17H,5,16H2,1H3. The lowest BCUT2D eigenvalue weighted by molar-refractivity contribution is 0.560. The van der Waals surface area contributed by atoms with E-state index < -0.39 is 15.8 Å². The predicted molar refractivity (Wildman–Crippen MR) is 83.6 cm³/mol. The lowest BCUT2D eigenvalue weighted by Gasteiger charge is -2.15. The summed E-state index contributed by atoms with van der Waals surface area (Å²) in [4.78, 5) is 0.844. The molecule has 0 aliphatic rings. The van der Waals surface area contributed by atoms with Gasteiger partial charge in [0.2, 0.25) is 10.0 Å². The van der Waals surface area contributed by atoms with Gasteiger partial charge in [-0.05, 0) is 36.9 Å². The summed E-state index contributed by atoms with van der Waals surface area (Å²) in [5.41, 5.74) is 5.14. The minimum atomic E-state index is -3.86. The number of hydrogen-bond donors (Lipinski definition) is 2. The normalized spacial score (nSPS) is 13.3. The number of halogens is 2. The van der Waals surface area contributed by atoms with Gasteiger partial charge in [0.15, 0.2) is 0 Å². The van der Waals surface area contributed by atoms with Gasteiger partial charge in [-0.1, -0.05) is 17.7 Å². The Bertz CT molecular complexity index is 733. The van der Waals surface area contributed by atoms with Crippen molar-refractivity contribution in [3.63, 3.8) is 0 Å². The number of rotatable bonds is 5. The van der Waals surface area contributed by atoms with Crippen LogP contribution in [-0.2, 0) is 16.4 Å². The molecule has 0 fully saturated rings. The molecule has 1 aromatic heterocycles. The molecule has 114 valence electrons. The second-order valence-corrected chi connectivity index (χ2v) is 7.73. The third kappa shape index (κ3) is 3.94. The van der Waals surface area contributed by atoms with E-state index >= 15 is 0 Å². The maximum absolute atomic E-state index is 13.2. The zero-order chi connectivity index (χ0) is 15.6. The Hall–Kier alpha value is -1.15. The maximum Gasteiger partial charge on any atom is 0.242 e. The number of nitrogen functional groups attached to an aromatic ring is 1. The van der Waals surface area contributed by atoms with E-state index in [9.17, 15) is 12.8 Å². The molecule has 1 aromatic carbocycles. The Balaban J connectivity index is 2.20. The van der Waals surface area contributed by atoms with Gasteiger partial charge in [0.1, 0.15) is 10.7 Å². The van der Waals surface area contributed by atoms with E-state index in [1.165, 1.54) is 0 Å². The molecule has 0 saturated carbocycles. The molecule has 0 bridgehead atoms. The molecule has 21 heavy (non-hydrogen) atoms. The van der Waals surface area contributed by atoms with Crippen LogP contribution in [0.15, 0.2) is 34.5 Å². The number of nitrogens with one attached hydrogen (secondary N) is 1. The molecule has 1 atom stereocenters. The lowest BCUT2D eigenvalue weighted by Crippen LogP contribution is -2.34. The first-order valence-corrected chi connectivity index (χ1v) is 8.83. The number of thiophene rings is 1. The van der Waals surface area contributed by atoms with Crippen molar-refractivity contribution in [2.45, 2.75) is 24.3 Å². The SMILES string of the molecule is CC(Cc1cccs1)NS(=O)(=O)c1cc(N)c(F)cc1Cl. The molecule has 0 spiro atoms.